The maximum atomic E-state index is 11.2. The van der Waals surface area contributed by atoms with Crippen LogP contribution in [0.5, 0.6) is 0 Å². The van der Waals surface area contributed by atoms with Crippen molar-refractivity contribution in [3.05, 3.63) is 11.9 Å². The summed E-state index contributed by atoms with van der Waals surface area (Å²) >= 11 is 5.57. The normalized spacial score (nSPS) is 25.4. The Labute approximate surface area is 87.0 Å². The van der Waals surface area contributed by atoms with Crippen molar-refractivity contribution in [2.75, 3.05) is 11.5 Å². The number of aromatic nitrogens is 3. The molecule has 0 N–H and O–H groups in total. The standard InChI is InChI=1S/C7H10ClN3O2S/c8-3-6-4-11(10-9-6)7-1-2-14(12,13)5-7/h4,7H,1-3,5H2. The van der Waals surface area contributed by atoms with Crippen LogP contribution in [0.15, 0.2) is 6.20 Å². The molecule has 1 aromatic heterocycles. The van der Waals surface area contributed by atoms with Crippen molar-refractivity contribution in [1.82, 2.24) is 15.0 Å². The van der Waals surface area contributed by atoms with Crippen molar-refractivity contribution in [3.63, 3.8) is 0 Å². The average molecular weight is 236 g/mol. The summed E-state index contributed by atoms with van der Waals surface area (Å²) in [5.41, 5.74) is 0.677. The molecule has 0 aromatic carbocycles. The second-order valence-corrected chi connectivity index (χ2v) is 5.88. The molecule has 1 aliphatic heterocycles. The zero-order valence-corrected chi connectivity index (χ0v) is 9.00. The van der Waals surface area contributed by atoms with Gasteiger partial charge in [-0.15, -0.1) is 16.7 Å². The number of nitrogens with zero attached hydrogens (tertiary/aromatic N) is 3. The zero-order chi connectivity index (χ0) is 10.2. The van der Waals surface area contributed by atoms with Gasteiger partial charge in [0.05, 0.1) is 35.3 Å². The lowest BCUT2D eigenvalue weighted by Gasteiger charge is -2.05. The van der Waals surface area contributed by atoms with E-state index in [0.29, 0.717) is 18.0 Å². The van der Waals surface area contributed by atoms with Gasteiger partial charge in [0.15, 0.2) is 9.84 Å². The second-order valence-electron chi connectivity index (χ2n) is 3.38. The maximum absolute atomic E-state index is 11.2. The van der Waals surface area contributed by atoms with Crippen LogP contribution < -0.4 is 0 Å². The first kappa shape index (κ1) is 9.92. The summed E-state index contributed by atoms with van der Waals surface area (Å²) in [6, 6.07) is -0.0653. The third-order valence-corrected chi connectivity index (χ3v) is 4.30. The third-order valence-electron chi connectivity index (χ3n) is 2.28. The molecule has 2 heterocycles. The Kier molecular flexibility index (Phi) is 2.48. The molecule has 1 aromatic rings. The van der Waals surface area contributed by atoms with Gasteiger partial charge in [-0.05, 0) is 6.42 Å². The van der Waals surface area contributed by atoms with Crippen molar-refractivity contribution in [2.24, 2.45) is 0 Å². The predicted octanol–water partition coefficient (Wildman–Crippen LogP) is 0.377. The van der Waals surface area contributed by atoms with Crippen LogP contribution in [-0.4, -0.2) is 34.9 Å². The van der Waals surface area contributed by atoms with E-state index in [4.69, 9.17) is 11.6 Å². The van der Waals surface area contributed by atoms with Crippen LogP contribution in [-0.2, 0) is 15.7 Å². The Morgan fingerprint density at radius 3 is 2.93 bits per heavy atom. The molecule has 1 aliphatic rings. The van der Waals surface area contributed by atoms with Crippen molar-refractivity contribution in [1.29, 1.82) is 0 Å². The monoisotopic (exact) mass is 235 g/mol. The summed E-state index contributed by atoms with van der Waals surface area (Å²) in [6.45, 7) is 0. The van der Waals surface area contributed by atoms with Crippen LogP contribution >= 0.6 is 11.6 Å². The molecule has 2 rings (SSSR count). The molecule has 0 amide bonds. The van der Waals surface area contributed by atoms with E-state index >= 15 is 0 Å². The molecule has 5 nitrogen and oxygen atoms in total. The molecule has 78 valence electrons. The number of hydrogen-bond acceptors (Lipinski definition) is 4. The number of hydrogen-bond donors (Lipinski definition) is 0. The third kappa shape index (κ3) is 1.90. The highest BCUT2D eigenvalue weighted by atomic mass is 35.5. The molecule has 14 heavy (non-hydrogen) atoms. The maximum Gasteiger partial charge on any atom is 0.152 e. The van der Waals surface area contributed by atoms with Crippen molar-refractivity contribution < 1.29 is 8.42 Å². The number of alkyl halides is 1. The van der Waals surface area contributed by atoms with Crippen molar-refractivity contribution >= 4 is 21.4 Å². The lowest BCUT2D eigenvalue weighted by molar-refractivity contribution is 0.484. The Balaban J connectivity index is 2.17. The van der Waals surface area contributed by atoms with E-state index in [-0.39, 0.29) is 17.5 Å². The summed E-state index contributed by atoms with van der Waals surface area (Å²) in [5.74, 6) is 0.714. The predicted molar refractivity (Wildman–Crippen MR) is 51.9 cm³/mol. The molecule has 1 atom stereocenters. The van der Waals surface area contributed by atoms with Gasteiger partial charge >= 0.3 is 0 Å². The highest BCUT2D eigenvalue weighted by molar-refractivity contribution is 7.91. The number of halogens is 1. The highest BCUT2D eigenvalue weighted by Crippen LogP contribution is 2.22. The van der Waals surface area contributed by atoms with Crippen molar-refractivity contribution in [2.45, 2.75) is 18.3 Å². The smallest absolute Gasteiger partial charge is 0.152 e. The Hall–Kier alpha value is -0.620. The highest BCUT2D eigenvalue weighted by Gasteiger charge is 2.29. The van der Waals surface area contributed by atoms with Crippen LogP contribution in [0.4, 0.5) is 0 Å². The van der Waals surface area contributed by atoms with Crippen LogP contribution in [0.3, 0.4) is 0 Å². The molecule has 0 aliphatic carbocycles. The lowest BCUT2D eigenvalue weighted by atomic mass is 10.3. The fourth-order valence-corrected chi connectivity index (χ4v) is 3.36. The summed E-state index contributed by atoms with van der Waals surface area (Å²) in [6.07, 6.45) is 2.33. The summed E-state index contributed by atoms with van der Waals surface area (Å²) < 4.78 is 24.0. The molecular formula is C7H10ClN3O2S. The molecule has 7 heteroatoms. The van der Waals surface area contributed by atoms with E-state index in [1.54, 1.807) is 10.9 Å². The van der Waals surface area contributed by atoms with Gasteiger partial charge in [0.25, 0.3) is 0 Å². The first-order valence-corrected chi connectivity index (χ1v) is 6.63. The molecule has 1 saturated heterocycles. The molecule has 1 unspecified atom stereocenters. The van der Waals surface area contributed by atoms with Gasteiger partial charge in [0, 0.05) is 0 Å². The Morgan fingerprint density at radius 2 is 2.43 bits per heavy atom. The van der Waals surface area contributed by atoms with Gasteiger partial charge in [-0.25, -0.2) is 13.1 Å². The van der Waals surface area contributed by atoms with E-state index in [1.807, 2.05) is 0 Å². The van der Waals surface area contributed by atoms with Gasteiger partial charge in [-0.3, -0.25) is 0 Å². The Bertz CT molecular complexity index is 428. The second kappa shape index (κ2) is 3.51. The van der Waals surface area contributed by atoms with Crippen LogP contribution in [0, 0.1) is 0 Å². The molecule has 0 radical (unpaired) electrons. The molecule has 0 spiro atoms. The van der Waals surface area contributed by atoms with Crippen LogP contribution in [0.25, 0.3) is 0 Å². The van der Waals surface area contributed by atoms with E-state index in [2.05, 4.69) is 10.3 Å². The first-order chi connectivity index (χ1) is 6.61. The van der Waals surface area contributed by atoms with Gasteiger partial charge in [0.1, 0.15) is 0 Å². The van der Waals surface area contributed by atoms with Gasteiger partial charge in [0.2, 0.25) is 0 Å². The topological polar surface area (TPSA) is 64.8 Å². The summed E-state index contributed by atoms with van der Waals surface area (Å²) in [4.78, 5) is 0. The van der Waals surface area contributed by atoms with E-state index in [1.165, 1.54) is 0 Å². The minimum absolute atomic E-state index is 0.0653. The summed E-state index contributed by atoms with van der Waals surface area (Å²) in [7, 11) is -2.86. The molecular weight excluding hydrogens is 226 g/mol. The van der Waals surface area contributed by atoms with Gasteiger partial charge in [-0.1, -0.05) is 5.21 Å². The van der Waals surface area contributed by atoms with Crippen LogP contribution in [0.1, 0.15) is 18.2 Å². The van der Waals surface area contributed by atoms with Gasteiger partial charge in [-0.2, -0.15) is 0 Å². The SMILES string of the molecule is O=S1(=O)CCC(n2cc(CCl)nn2)C1. The fraction of sp³-hybridized carbons (Fsp3) is 0.714. The van der Waals surface area contributed by atoms with E-state index in [0.717, 1.165) is 0 Å². The average Bonchev–Trinajstić information content (AvgIpc) is 2.70. The minimum atomic E-state index is -2.86. The van der Waals surface area contributed by atoms with Crippen LogP contribution in [0.2, 0.25) is 0 Å². The minimum Gasteiger partial charge on any atom is -0.248 e. The molecule has 1 fully saturated rings. The zero-order valence-electron chi connectivity index (χ0n) is 7.43. The van der Waals surface area contributed by atoms with Crippen molar-refractivity contribution in [3.8, 4) is 0 Å². The fourth-order valence-electron chi connectivity index (χ4n) is 1.54. The van der Waals surface area contributed by atoms with E-state index in [9.17, 15) is 8.42 Å². The number of rotatable bonds is 2. The van der Waals surface area contributed by atoms with E-state index < -0.39 is 9.84 Å². The lowest BCUT2D eigenvalue weighted by Crippen LogP contribution is -2.11. The quantitative estimate of drug-likeness (QED) is 0.695. The first-order valence-electron chi connectivity index (χ1n) is 4.28. The largest absolute Gasteiger partial charge is 0.248 e. The molecule has 0 bridgehead atoms. The summed E-state index contributed by atoms with van der Waals surface area (Å²) in [5, 5.41) is 7.67. The number of sulfone groups is 1. The molecule has 0 saturated carbocycles. The Morgan fingerprint density at radius 1 is 1.64 bits per heavy atom. The van der Waals surface area contributed by atoms with Gasteiger partial charge < -0.3 is 0 Å².